The van der Waals surface area contributed by atoms with Crippen LogP contribution in [0.25, 0.3) is 11.0 Å². The van der Waals surface area contributed by atoms with Crippen molar-refractivity contribution < 1.29 is 9.59 Å². The van der Waals surface area contributed by atoms with Crippen LogP contribution in [0.5, 0.6) is 0 Å². The summed E-state index contributed by atoms with van der Waals surface area (Å²) in [6, 6.07) is 7.74. The summed E-state index contributed by atoms with van der Waals surface area (Å²) in [5.74, 6) is 0.718. The number of hydrogen-bond donors (Lipinski definition) is 2. The summed E-state index contributed by atoms with van der Waals surface area (Å²) in [4.78, 5) is 27.6. The van der Waals surface area contributed by atoms with Crippen molar-refractivity contribution in [2.45, 2.75) is 33.2 Å². The first-order valence-corrected chi connectivity index (χ1v) is 7.57. The molecule has 0 saturated heterocycles. The second-order valence-electron chi connectivity index (χ2n) is 5.19. The largest absolute Gasteiger partial charge is 0.356 e. The van der Waals surface area contributed by atoms with Gasteiger partial charge in [-0.15, -0.1) is 0 Å². The molecular formula is C16H22N4O2. The highest BCUT2D eigenvalue weighted by molar-refractivity contribution is 5.81. The number of fused-ring (bicyclic) bond motifs is 1. The number of carbonyl (C=O) groups is 2. The molecule has 0 atom stereocenters. The second kappa shape index (κ2) is 7.59. The van der Waals surface area contributed by atoms with Gasteiger partial charge in [0.15, 0.2) is 0 Å². The number of para-hydroxylation sites is 2. The smallest absolute Gasteiger partial charge is 0.240 e. The lowest BCUT2D eigenvalue weighted by molar-refractivity contribution is -0.121. The van der Waals surface area contributed by atoms with Gasteiger partial charge in [-0.25, -0.2) is 4.98 Å². The van der Waals surface area contributed by atoms with E-state index >= 15 is 0 Å². The summed E-state index contributed by atoms with van der Waals surface area (Å²) < 4.78 is 1.92. The zero-order chi connectivity index (χ0) is 15.9. The maximum Gasteiger partial charge on any atom is 0.240 e. The lowest BCUT2D eigenvalue weighted by atomic mass is 10.3. The average Bonchev–Trinajstić information content (AvgIpc) is 2.83. The Balaban J connectivity index is 2.20. The molecule has 6 nitrogen and oxygen atoms in total. The van der Waals surface area contributed by atoms with E-state index in [9.17, 15) is 9.59 Å². The third kappa shape index (κ3) is 4.07. The van der Waals surface area contributed by atoms with Crippen molar-refractivity contribution in [1.82, 2.24) is 20.2 Å². The van der Waals surface area contributed by atoms with E-state index in [2.05, 4.69) is 15.6 Å². The Labute approximate surface area is 129 Å². The molecule has 118 valence electrons. The minimum atomic E-state index is -0.0663. The van der Waals surface area contributed by atoms with Crippen molar-refractivity contribution in [3.8, 4) is 0 Å². The van der Waals surface area contributed by atoms with Crippen molar-refractivity contribution >= 4 is 22.8 Å². The molecule has 1 heterocycles. The zero-order valence-electron chi connectivity index (χ0n) is 13.1. The monoisotopic (exact) mass is 302 g/mol. The second-order valence-corrected chi connectivity index (χ2v) is 5.19. The summed E-state index contributed by atoms with van der Waals surface area (Å²) in [7, 11) is 0. The van der Waals surface area contributed by atoms with Crippen LogP contribution in [0.4, 0.5) is 0 Å². The van der Waals surface area contributed by atoms with E-state index in [1.807, 2.05) is 35.8 Å². The minimum absolute atomic E-state index is 0.0224. The molecule has 0 aliphatic heterocycles. The van der Waals surface area contributed by atoms with Crippen LogP contribution in [0.15, 0.2) is 24.3 Å². The van der Waals surface area contributed by atoms with E-state index in [4.69, 9.17) is 0 Å². The van der Waals surface area contributed by atoms with E-state index in [-0.39, 0.29) is 18.4 Å². The lowest BCUT2D eigenvalue weighted by Crippen LogP contribution is -2.29. The van der Waals surface area contributed by atoms with E-state index < -0.39 is 0 Å². The van der Waals surface area contributed by atoms with E-state index in [0.29, 0.717) is 19.5 Å². The Morgan fingerprint density at radius 1 is 1.18 bits per heavy atom. The van der Waals surface area contributed by atoms with Gasteiger partial charge in [0.25, 0.3) is 0 Å². The third-order valence-corrected chi connectivity index (χ3v) is 3.33. The first-order chi connectivity index (χ1) is 10.6. The molecule has 6 heteroatoms. The molecule has 0 radical (unpaired) electrons. The quantitative estimate of drug-likeness (QED) is 0.808. The molecule has 2 amide bonds. The van der Waals surface area contributed by atoms with E-state index in [1.54, 1.807) is 0 Å². The third-order valence-electron chi connectivity index (χ3n) is 3.33. The summed E-state index contributed by atoms with van der Waals surface area (Å²) >= 11 is 0. The molecule has 2 N–H and O–H groups in total. The fourth-order valence-corrected chi connectivity index (χ4v) is 2.31. The fraction of sp³-hybridized carbons (Fsp3) is 0.438. The van der Waals surface area contributed by atoms with Gasteiger partial charge in [-0.1, -0.05) is 19.1 Å². The Morgan fingerprint density at radius 3 is 2.68 bits per heavy atom. The first-order valence-electron chi connectivity index (χ1n) is 7.57. The molecule has 2 aromatic rings. The predicted molar refractivity (Wildman–Crippen MR) is 85.4 cm³/mol. The Morgan fingerprint density at radius 2 is 1.95 bits per heavy atom. The van der Waals surface area contributed by atoms with Gasteiger partial charge in [-0.3, -0.25) is 9.59 Å². The molecule has 0 spiro atoms. The van der Waals surface area contributed by atoms with Gasteiger partial charge in [-0.05, 0) is 18.6 Å². The van der Waals surface area contributed by atoms with Crippen LogP contribution in [0.1, 0.15) is 26.1 Å². The molecule has 0 saturated carbocycles. The molecule has 1 aromatic carbocycles. The topological polar surface area (TPSA) is 76.0 Å². The van der Waals surface area contributed by atoms with Gasteiger partial charge < -0.3 is 15.2 Å². The van der Waals surface area contributed by atoms with E-state index in [1.165, 1.54) is 6.92 Å². The van der Waals surface area contributed by atoms with Gasteiger partial charge >= 0.3 is 0 Å². The first kappa shape index (κ1) is 16.0. The number of carbonyl (C=O) groups excluding carboxylic acids is 2. The van der Waals surface area contributed by atoms with Crippen LogP contribution in [-0.4, -0.2) is 34.5 Å². The molecular weight excluding hydrogens is 280 g/mol. The van der Waals surface area contributed by atoms with Crippen molar-refractivity contribution in [3.05, 3.63) is 30.1 Å². The van der Waals surface area contributed by atoms with Crippen LogP contribution in [-0.2, 0) is 22.6 Å². The fourth-order valence-electron chi connectivity index (χ4n) is 2.31. The number of benzene rings is 1. The number of aromatic nitrogens is 2. The van der Waals surface area contributed by atoms with Crippen LogP contribution < -0.4 is 10.6 Å². The van der Waals surface area contributed by atoms with Crippen molar-refractivity contribution in [1.29, 1.82) is 0 Å². The number of imidazole rings is 1. The van der Waals surface area contributed by atoms with Crippen LogP contribution in [0, 0.1) is 0 Å². The van der Waals surface area contributed by atoms with Gasteiger partial charge in [-0.2, -0.15) is 0 Å². The van der Waals surface area contributed by atoms with Crippen molar-refractivity contribution in [2.24, 2.45) is 0 Å². The minimum Gasteiger partial charge on any atom is -0.356 e. The molecule has 22 heavy (non-hydrogen) atoms. The molecule has 0 unspecified atom stereocenters. The molecule has 2 rings (SSSR count). The number of nitrogens with zero attached hydrogens (tertiary/aromatic N) is 2. The average molecular weight is 302 g/mol. The van der Waals surface area contributed by atoms with Gasteiger partial charge in [0, 0.05) is 26.4 Å². The maximum atomic E-state index is 12.0. The SMILES string of the molecule is CCCNC(=O)Cn1c(CCNC(C)=O)nc2ccccc21. The summed E-state index contributed by atoms with van der Waals surface area (Å²) in [6.07, 6.45) is 1.50. The zero-order valence-corrected chi connectivity index (χ0v) is 13.1. The normalized spacial score (nSPS) is 10.6. The highest BCUT2D eigenvalue weighted by atomic mass is 16.2. The van der Waals surface area contributed by atoms with Crippen molar-refractivity contribution in [3.63, 3.8) is 0 Å². The van der Waals surface area contributed by atoms with Crippen LogP contribution >= 0.6 is 0 Å². The molecule has 0 aliphatic rings. The molecule has 1 aromatic heterocycles. The highest BCUT2D eigenvalue weighted by Gasteiger charge is 2.13. The van der Waals surface area contributed by atoms with Crippen molar-refractivity contribution in [2.75, 3.05) is 13.1 Å². The molecule has 0 aliphatic carbocycles. The Kier molecular flexibility index (Phi) is 5.52. The van der Waals surface area contributed by atoms with Gasteiger partial charge in [0.1, 0.15) is 12.4 Å². The van der Waals surface area contributed by atoms with Gasteiger partial charge in [0.05, 0.1) is 11.0 Å². The van der Waals surface area contributed by atoms with Crippen LogP contribution in [0.2, 0.25) is 0 Å². The standard InChI is InChI=1S/C16H22N4O2/c1-3-9-18-16(22)11-20-14-7-5-4-6-13(14)19-15(20)8-10-17-12(2)21/h4-7H,3,8-11H2,1-2H3,(H,17,21)(H,18,22). The molecule has 0 fully saturated rings. The number of nitrogens with one attached hydrogen (secondary N) is 2. The van der Waals surface area contributed by atoms with Gasteiger partial charge in [0.2, 0.25) is 11.8 Å². The summed E-state index contributed by atoms with van der Waals surface area (Å²) in [5, 5.41) is 5.64. The predicted octanol–water partition coefficient (Wildman–Crippen LogP) is 1.24. The number of hydrogen-bond acceptors (Lipinski definition) is 3. The van der Waals surface area contributed by atoms with E-state index in [0.717, 1.165) is 23.3 Å². The summed E-state index contributed by atoms with van der Waals surface area (Å²) in [5.41, 5.74) is 1.80. The highest BCUT2D eigenvalue weighted by Crippen LogP contribution is 2.16. The Bertz CT molecular complexity index is 663. The Hall–Kier alpha value is -2.37. The van der Waals surface area contributed by atoms with Crippen LogP contribution in [0.3, 0.4) is 0 Å². The number of amides is 2. The summed E-state index contributed by atoms with van der Waals surface area (Å²) in [6.45, 7) is 4.94. The number of rotatable bonds is 7. The lowest BCUT2D eigenvalue weighted by Gasteiger charge is -2.10. The maximum absolute atomic E-state index is 12.0. The molecule has 0 bridgehead atoms.